The van der Waals surface area contributed by atoms with Crippen molar-refractivity contribution in [1.29, 1.82) is 0 Å². The number of hydrogen-bond donors (Lipinski definition) is 1. The van der Waals surface area contributed by atoms with Crippen LogP contribution in [-0.2, 0) is 11.8 Å². The number of benzene rings is 1. The zero-order valence-electron chi connectivity index (χ0n) is 10.3. The summed E-state index contributed by atoms with van der Waals surface area (Å²) >= 11 is 0. The molecule has 4 heteroatoms. The zero-order chi connectivity index (χ0) is 12.6. The van der Waals surface area contributed by atoms with Gasteiger partial charge in [-0.15, -0.1) is 0 Å². The monoisotopic (exact) mass is 244 g/mol. The third kappa shape index (κ3) is 2.16. The smallest absolute Gasteiger partial charge is 0.229 e. The van der Waals surface area contributed by atoms with Crippen molar-refractivity contribution < 1.29 is 9.63 Å². The Balaban J connectivity index is 1.71. The van der Waals surface area contributed by atoms with E-state index in [9.17, 15) is 5.11 Å². The molecule has 1 aliphatic rings. The summed E-state index contributed by atoms with van der Waals surface area (Å²) in [6.07, 6.45) is 2.01. The van der Waals surface area contributed by atoms with Crippen LogP contribution in [0.25, 0.3) is 0 Å². The molecule has 1 aliphatic carbocycles. The molecule has 0 aliphatic heterocycles. The van der Waals surface area contributed by atoms with Crippen molar-refractivity contribution in [2.24, 2.45) is 0 Å². The van der Waals surface area contributed by atoms with Gasteiger partial charge in [-0.1, -0.05) is 42.4 Å². The minimum Gasteiger partial charge on any atom is -0.388 e. The highest BCUT2D eigenvalue weighted by Crippen LogP contribution is 2.46. The third-order valence-corrected chi connectivity index (χ3v) is 3.56. The van der Waals surface area contributed by atoms with Gasteiger partial charge in [-0.25, -0.2) is 0 Å². The van der Waals surface area contributed by atoms with Crippen LogP contribution < -0.4 is 0 Å². The van der Waals surface area contributed by atoms with Crippen molar-refractivity contribution in [3.8, 4) is 0 Å². The average molecular weight is 244 g/mol. The van der Waals surface area contributed by atoms with E-state index in [2.05, 4.69) is 17.1 Å². The second-order valence-electron chi connectivity index (χ2n) is 5.20. The van der Waals surface area contributed by atoms with E-state index < -0.39 is 6.10 Å². The number of aliphatic hydroxyl groups is 1. The van der Waals surface area contributed by atoms with Crippen LogP contribution in [0.1, 0.15) is 43.1 Å². The molecule has 1 aromatic carbocycles. The van der Waals surface area contributed by atoms with Gasteiger partial charge in [0.05, 0.1) is 12.5 Å². The highest BCUT2D eigenvalue weighted by molar-refractivity contribution is 5.19. The highest BCUT2D eigenvalue weighted by Gasteiger charge is 2.43. The van der Waals surface area contributed by atoms with Gasteiger partial charge in [-0.2, -0.15) is 4.98 Å². The Labute approximate surface area is 106 Å². The largest absolute Gasteiger partial charge is 0.388 e. The van der Waals surface area contributed by atoms with E-state index in [4.69, 9.17) is 4.52 Å². The molecule has 0 radical (unpaired) electrons. The quantitative estimate of drug-likeness (QED) is 0.897. The summed E-state index contributed by atoms with van der Waals surface area (Å²) in [6, 6.07) is 9.52. The van der Waals surface area contributed by atoms with Crippen LogP contribution in [0, 0.1) is 0 Å². The zero-order valence-corrected chi connectivity index (χ0v) is 10.3. The van der Waals surface area contributed by atoms with Crippen molar-refractivity contribution in [2.45, 2.75) is 37.7 Å². The van der Waals surface area contributed by atoms with Gasteiger partial charge >= 0.3 is 0 Å². The topological polar surface area (TPSA) is 59.2 Å². The Morgan fingerprint density at radius 1 is 1.33 bits per heavy atom. The van der Waals surface area contributed by atoms with Crippen LogP contribution in [0.3, 0.4) is 0 Å². The van der Waals surface area contributed by atoms with E-state index in [1.807, 2.05) is 30.3 Å². The molecule has 0 saturated heterocycles. The first-order valence-electron chi connectivity index (χ1n) is 6.23. The van der Waals surface area contributed by atoms with Gasteiger partial charge in [0.2, 0.25) is 5.89 Å². The molecule has 94 valence electrons. The second kappa shape index (κ2) is 4.21. The third-order valence-electron chi connectivity index (χ3n) is 3.56. The maximum absolute atomic E-state index is 10.1. The van der Waals surface area contributed by atoms with Crippen molar-refractivity contribution in [3.63, 3.8) is 0 Å². The summed E-state index contributed by atoms with van der Waals surface area (Å²) in [4.78, 5) is 4.37. The Morgan fingerprint density at radius 2 is 2.06 bits per heavy atom. The Kier molecular flexibility index (Phi) is 2.67. The SMILES string of the molecule is CC1(c2noc(CC(O)c3ccccc3)n2)CC1. The molecule has 1 fully saturated rings. The van der Waals surface area contributed by atoms with E-state index in [0.29, 0.717) is 12.3 Å². The molecule has 1 N–H and O–H groups in total. The van der Waals surface area contributed by atoms with Crippen LogP contribution in [-0.4, -0.2) is 15.2 Å². The first kappa shape index (κ1) is 11.4. The van der Waals surface area contributed by atoms with Crippen LogP contribution in [0.2, 0.25) is 0 Å². The van der Waals surface area contributed by atoms with Gasteiger partial charge < -0.3 is 9.63 Å². The van der Waals surface area contributed by atoms with Gasteiger partial charge in [0.1, 0.15) is 0 Å². The average Bonchev–Trinajstić information content (AvgIpc) is 2.97. The lowest BCUT2D eigenvalue weighted by atomic mass is 10.1. The number of aromatic nitrogens is 2. The lowest BCUT2D eigenvalue weighted by molar-refractivity contribution is 0.164. The summed E-state index contributed by atoms with van der Waals surface area (Å²) in [6.45, 7) is 2.13. The van der Waals surface area contributed by atoms with Gasteiger partial charge in [0.15, 0.2) is 5.82 Å². The van der Waals surface area contributed by atoms with E-state index in [-0.39, 0.29) is 5.41 Å². The van der Waals surface area contributed by atoms with Crippen molar-refractivity contribution in [2.75, 3.05) is 0 Å². The summed E-state index contributed by atoms with van der Waals surface area (Å²) in [7, 11) is 0. The van der Waals surface area contributed by atoms with Gasteiger partial charge in [0, 0.05) is 5.41 Å². The molecule has 1 saturated carbocycles. The minimum atomic E-state index is -0.591. The number of aliphatic hydroxyl groups excluding tert-OH is 1. The maximum Gasteiger partial charge on any atom is 0.229 e. The molecule has 2 aromatic rings. The van der Waals surface area contributed by atoms with E-state index in [1.165, 1.54) is 0 Å². The molecule has 0 spiro atoms. The molecule has 1 atom stereocenters. The van der Waals surface area contributed by atoms with Gasteiger partial charge in [0.25, 0.3) is 0 Å². The first-order valence-corrected chi connectivity index (χ1v) is 6.23. The van der Waals surface area contributed by atoms with Gasteiger partial charge in [-0.05, 0) is 18.4 Å². The van der Waals surface area contributed by atoms with Crippen LogP contribution in [0.15, 0.2) is 34.9 Å². The normalized spacial score (nSPS) is 18.6. The second-order valence-corrected chi connectivity index (χ2v) is 5.20. The highest BCUT2D eigenvalue weighted by atomic mass is 16.5. The first-order chi connectivity index (χ1) is 8.67. The number of nitrogens with zero attached hydrogens (tertiary/aromatic N) is 2. The Hall–Kier alpha value is -1.68. The summed E-state index contributed by atoms with van der Waals surface area (Å²) in [5.74, 6) is 1.28. The van der Waals surface area contributed by atoms with E-state index >= 15 is 0 Å². The summed E-state index contributed by atoms with van der Waals surface area (Å²) < 4.78 is 5.20. The lowest BCUT2D eigenvalue weighted by Gasteiger charge is -2.07. The molecule has 1 heterocycles. The van der Waals surface area contributed by atoms with E-state index in [0.717, 1.165) is 24.2 Å². The van der Waals surface area contributed by atoms with Gasteiger partial charge in [-0.3, -0.25) is 0 Å². The lowest BCUT2D eigenvalue weighted by Crippen LogP contribution is -2.04. The fraction of sp³-hybridized carbons (Fsp3) is 0.429. The summed E-state index contributed by atoms with van der Waals surface area (Å²) in [5, 5.41) is 14.1. The molecule has 18 heavy (non-hydrogen) atoms. The van der Waals surface area contributed by atoms with Crippen molar-refractivity contribution in [3.05, 3.63) is 47.6 Å². The maximum atomic E-state index is 10.1. The Morgan fingerprint density at radius 3 is 2.72 bits per heavy atom. The number of hydrogen-bond acceptors (Lipinski definition) is 4. The number of rotatable bonds is 4. The molecule has 0 amide bonds. The molecule has 1 aromatic heterocycles. The molecule has 0 bridgehead atoms. The fourth-order valence-corrected chi connectivity index (χ4v) is 1.95. The van der Waals surface area contributed by atoms with Crippen molar-refractivity contribution in [1.82, 2.24) is 10.1 Å². The fourth-order valence-electron chi connectivity index (χ4n) is 1.95. The van der Waals surface area contributed by atoms with Crippen LogP contribution in [0.5, 0.6) is 0 Å². The molecule has 4 nitrogen and oxygen atoms in total. The standard InChI is InChI=1S/C14H16N2O2/c1-14(7-8-14)13-15-12(18-16-13)9-11(17)10-5-3-2-4-6-10/h2-6,11,17H,7-9H2,1H3. The van der Waals surface area contributed by atoms with Crippen LogP contribution in [0.4, 0.5) is 0 Å². The molecule has 1 unspecified atom stereocenters. The molecular weight excluding hydrogens is 228 g/mol. The van der Waals surface area contributed by atoms with E-state index in [1.54, 1.807) is 0 Å². The molecular formula is C14H16N2O2. The van der Waals surface area contributed by atoms with Crippen LogP contribution >= 0.6 is 0 Å². The predicted molar refractivity (Wildman–Crippen MR) is 66.0 cm³/mol. The molecule has 3 rings (SSSR count). The predicted octanol–water partition coefficient (Wildman–Crippen LogP) is 2.40. The Bertz CT molecular complexity index is 532. The van der Waals surface area contributed by atoms with Crippen molar-refractivity contribution >= 4 is 0 Å². The minimum absolute atomic E-state index is 0.111. The summed E-state index contributed by atoms with van der Waals surface area (Å²) in [5.41, 5.74) is 0.981.